The summed E-state index contributed by atoms with van der Waals surface area (Å²) < 4.78 is 4.50. The summed E-state index contributed by atoms with van der Waals surface area (Å²) in [5, 5.41) is 4.31. The van der Waals surface area contributed by atoms with Gasteiger partial charge in [-0.15, -0.1) is 0 Å². The Labute approximate surface area is 258 Å². The van der Waals surface area contributed by atoms with Crippen molar-refractivity contribution in [1.29, 1.82) is 0 Å². The molecule has 0 aliphatic rings. The van der Waals surface area contributed by atoms with E-state index in [4.69, 9.17) is 0 Å². The molecule has 41 heavy (non-hydrogen) atoms. The maximum atomic E-state index is 4.04. The van der Waals surface area contributed by atoms with E-state index in [1.807, 2.05) is 0 Å². The molecule has 194 valence electrons. The first-order chi connectivity index (χ1) is 20.2. The van der Waals surface area contributed by atoms with Crippen molar-refractivity contribution in [3.8, 4) is 0 Å². The Kier molecular flexibility index (Phi) is 10.4. The molecule has 0 fully saturated rings. The monoisotopic (exact) mass is 648 g/mol. The van der Waals surface area contributed by atoms with E-state index in [9.17, 15) is 0 Å². The fraction of sp³-hybridized carbons (Fsp3) is 0. The summed E-state index contributed by atoms with van der Waals surface area (Å²) in [4.78, 5) is 0. The van der Waals surface area contributed by atoms with Crippen molar-refractivity contribution >= 4 is 77.6 Å². The Balaban J connectivity index is 0.000000166. The average Bonchev–Trinajstić information content (AvgIpc) is 3.05. The summed E-state index contributed by atoms with van der Waals surface area (Å²) >= 11 is -1.63. The van der Waals surface area contributed by atoms with Gasteiger partial charge in [-0.2, -0.15) is 0 Å². The van der Waals surface area contributed by atoms with Crippen molar-refractivity contribution in [3.63, 3.8) is 0 Å². The topological polar surface area (TPSA) is 0 Å². The maximum absolute atomic E-state index is 4.04. The molecule has 0 N–H and O–H groups in total. The van der Waals surface area contributed by atoms with Crippen LogP contribution in [0.3, 0.4) is 0 Å². The van der Waals surface area contributed by atoms with Crippen LogP contribution in [-0.4, -0.2) is 48.8 Å². The molecule has 0 heterocycles. The van der Waals surface area contributed by atoms with Gasteiger partial charge in [0.1, 0.15) is 7.59 Å². The van der Waals surface area contributed by atoms with E-state index in [0.29, 0.717) is 0 Å². The SMILES string of the molecule is [Si][Si]([Si])[Si](c1ccccc1)(c1ccccc1)c1ccccc1.c1cc[c]([Ge]([c]2ccccc2)[c]2ccccc2)cc1. The molecule has 6 aromatic rings. The van der Waals surface area contributed by atoms with Gasteiger partial charge in [0, 0.05) is 26.9 Å². The Morgan fingerprint density at radius 3 is 0.780 bits per heavy atom. The molecule has 0 bridgehead atoms. The number of rotatable bonds is 7. The van der Waals surface area contributed by atoms with Gasteiger partial charge in [-0.3, -0.25) is 0 Å². The minimum absolute atomic E-state index is 0.939. The molecular formula is C36H30GeSi4. The fourth-order valence-corrected chi connectivity index (χ4v) is 26.6. The van der Waals surface area contributed by atoms with E-state index < -0.39 is 29.3 Å². The summed E-state index contributed by atoms with van der Waals surface area (Å²) in [5.74, 6) is 0. The van der Waals surface area contributed by atoms with Crippen LogP contribution in [0.1, 0.15) is 0 Å². The molecule has 0 amide bonds. The molecule has 0 aliphatic heterocycles. The zero-order valence-corrected chi connectivity index (χ0v) is 28.9. The van der Waals surface area contributed by atoms with Crippen molar-refractivity contribution in [2.45, 2.75) is 0 Å². The molecule has 0 nitrogen and oxygen atoms in total. The Morgan fingerprint density at radius 1 is 0.341 bits per heavy atom. The predicted octanol–water partition coefficient (Wildman–Crippen LogP) is 3.26. The summed E-state index contributed by atoms with van der Waals surface area (Å²) in [6.07, 6.45) is 0. The molecular weight excluding hydrogens is 617 g/mol. The van der Waals surface area contributed by atoms with E-state index in [-0.39, 0.29) is 0 Å². The third kappa shape index (κ3) is 6.80. The third-order valence-electron chi connectivity index (χ3n) is 7.18. The van der Waals surface area contributed by atoms with Crippen LogP contribution in [0.4, 0.5) is 0 Å². The van der Waals surface area contributed by atoms with Crippen molar-refractivity contribution in [2.75, 3.05) is 0 Å². The molecule has 5 heteroatoms. The zero-order valence-electron chi connectivity index (χ0n) is 22.8. The summed E-state index contributed by atoms with van der Waals surface area (Å²) in [6.45, 7) is 0. The molecule has 0 aliphatic carbocycles. The van der Waals surface area contributed by atoms with Crippen molar-refractivity contribution in [3.05, 3.63) is 182 Å². The van der Waals surface area contributed by atoms with Crippen molar-refractivity contribution in [1.82, 2.24) is 0 Å². The van der Waals surface area contributed by atoms with Gasteiger partial charge in [-0.05, 0) is 0 Å². The molecule has 0 atom stereocenters. The van der Waals surface area contributed by atoms with Crippen LogP contribution >= 0.6 is 0 Å². The molecule has 8 radical (unpaired) electrons. The molecule has 6 rings (SSSR count). The molecule has 0 spiro atoms. The Hall–Kier alpha value is -3.27. The fourth-order valence-electron chi connectivity index (χ4n) is 5.31. The van der Waals surface area contributed by atoms with Crippen molar-refractivity contribution in [2.24, 2.45) is 0 Å². The van der Waals surface area contributed by atoms with E-state index in [2.05, 4.69) is 202 Å². The molecule has 0 saturated carbocycles. The first kappa shape index (κ1) is 29.2. The molecule has 0 aromatic heterocycles. The van der Waals surface area contributed by atoms with E-state index in [1.165, 1.54) is 28.7 Å². The van der Waals surface area contributed by atoms with Crippen LogP contribution in [0.25, 0.3) is 0 Å². The minimum atomic E-state index is -2.07. The Morgan fingerprint density at radius 2 is 0.561 bits per heavy atom. The van der Waals surface area contributed by atoms with Crippen LogP contribution in [0, 0.1) is 0 Å². The number of benzene rings is 6. The first-order valence-corrected chi connectivity index (χ1v) is 24.4. The number of hydrogen-bond acceptors (Lipinski definition) is 0. The quantitative estimate of drug-likeness (QED) is 0.185. The van der Waals surface area contributed by atoms with Gasteiger partial charge in [0.2, 0.25) is 0 Å². The molecule has 6 aromatic carbocycles. The van der Waals surface area contributed by atoms with Crippen molar-refractivity contribution < 1.29 is 0 Å². The van der Waals surface area contributed by atoms with Crippen LogP contribution in [0.2, 0.25) is 0 Å². The summed E-state index contributed by atoms with van der Waals surface area (Å²) in [6, 6.07) is 65.6. The van der Waals surface area contributed by atoms with Crippen LogP contribution in [0.15, 0.2) is 182 Å². The van der Waals surface area contributed by atoms with Gasteiger partial charge in [0.25, 0.3) is 0 Å². The van der Waals surface area contributed by atoms with Gasteiger partial charge in [0.15, 0.2) is 0 Å². The summed E-state index contributed by atoms with van der Waals surface area (Å²) in [5.41, 5.74) is 0. The normalized spacial score (nSPS) is 11.1. The second-order valence-corrected chi connectivity index (χ2v) is 30.1. The second kappa shape index (κ2) is 14.6. The standard InChI is InChI=1S/C18H15Ge.C18H15Si4/c1-4-10-16(11-5-1)19(17-12-6-2-7-13-17)18-14-8-3-9-15-18;19-21(20)22(16-10-4-1-5-11-16,17-12-6-2-7-13-17)18-14-8-3-9-15-18/h1-15H;1-15H. The van der Waals surface area contributed by atoms with Gasteiger partial charge in [-0.25, -0.2) is 0 Å². The second-order valence-electron chi connectivity index (χ2n) is 9.70. The average molecular weight is 648 g/mol. The predicted molar refractivity (Wildman–Crippen MR) is 185 cm³/mol. The third-order valence-corrected chi connectivity index (χ3v) is 28.9. The molecule has 0 saturated heterocycles. The summed E-state index contributed by atoms with van der Waals surface area (Å²) in [7, 11) is 5.08. The zero-order chi connectivity index (χ0) is 28.3. The Bertz CT molecular complexity index is 1390. The van der Waals surface area contributed by atoms with Gasteiger partial charge >= 0.3 is 119 Å². The van der Waals surface area contributed by atoms with E-state index in [1.54, 1.807) is 0 Å². The van der Waals surface area contributed by atoms with E-state index in [0.717, 1.165) is 0 Å². The van der Waals surface area contributed by atoms with Gasteiger partial charge in [0.05, 0.1) is 0 Å². The molecule has 0 unspecified atom stereocenters. The van der Waals surface area contributed by atoms with Gasteiger partial charge in [-0.1, -0.05) is 107 Å². The van der Waals surface area contributed by atoms with Gasteiger partial charge < -0.3 is 0 Å². The first-order valence-electron chi connectivity index (χ1n) is 13.7. The van der Waals surface area contributed by atoms with Crippen LogP contribution < -0.4 is 28.7 Å². The van der Waals surface area contributed by atoms with Crippen LogP contribution in [-0.2, 0) is 0 Å². The van der Waals surface area contributed by atoms with E-state index >= 15 is 0 Å². The number of hydrogen-bond donors (Lipinski definition) is 0. The van der Waals surface area contributed by atoms with Crippen LogP contribution in [0.5, 0.6) is 0 Å².